The molecule has 0 atom stereocenters. The van der Waals surface area contributed by atoms with Crippen LogP contribution >= 0.6 is 0 Å². The van der Waals surface area contributed by atoms with Crippen LogP contribution in [-0.2, 0) is 12.8 Å². The number of hydrogen-bond acceptors (Lipinski definition) is 1. The molecule has 1 aromatic rings. The van der Waals surface area contributed by atoms with Crippen LogP contribution in [-0.4, -0.2) is 34.4 Å². The summed E-state index contributed by atoms with van der Waals surface area (Å²) in [7, 11) is 0. The van der Waals surface area contributed by atoms with Gasteiger partial charge in [0.25, 0.3) is 0 Å². The van der Waals surface area contributed by atoms with Crippen LogP contribution in [0.2, 0.25) is 0 Å². The van der Waals surface area contributed by atoms with Crippen molar-refractivity contribution in [3.8, 4) is 5.75 Å². The second-order valence-corrected chi connectivity index (χ2v) is 3.21. The minimum absolute atomic E-state index is 0. The van der Waals surface area contributed by atoms with Crippen molar-refractivity contribution in [2.45, 2.75) is 26.7 Å². The van der Waals surface area contributed by atoms with E-state index < -0.39 is 0 Å². The molecule has 14 heavy (non-hydrogen) atoms. The molecular weight excluding hydrogens is 290 g/mol. The van der Waals surface area contributed by atoms with E-state index in [-0.39, 0.29) is 11.0 Å². The predicted molar refractivity (Wildman–Crippen MR) is 58.8 cm³/mol. The second-order valence-electron chi connectivity index (χ2n) is 2.69. The molecule has 4 heteroatoms. The van der Waals surface area contributed by atoms with Crippen LogP contribution in [0.25, 0.3) is 0 Å². The summed E-state index contributed by atoms with van der Waals surface area (Å²) in [6.07, 6.45) is 2.15. The molecule has 0 bridgehead atoms. The molecule has 0 aliphatic heterocycles. The third-order valence-electron chi connectivity index (χ3n) is 2.06. The molecule has 0 unspecified atom stereocenters. The maximum absolute atomic E-state index is 5.33. The summed E-state index contributed by atoms with van der Waals surface area (Å²) in [4.78, 5) is 0. The summed E-state index contributed by atoms with van der Waals surface area (Å²) in [5.74, 6) is 1.05. The summed E-state index contributed by atoms with van der Waals surface area (Å²) < 4.78 is 5.33. The average Bonchev–Trinajstić information content (AvgIpc) is 2.16. The summed E-state index contributed by atoms with van der Waals surface area (Å²) in [5.41, 5.74) is 2.77. The van der Waals surface area contributed by atoms with E-state index in [1.807, 2.05) is 6.07 Å². The first-order valence-electron chi connectivity index (χ1n) is 4.25. The van der Waals surface area contributed by atoms with Gasteiger partial charge in [0.1, 0.15) is 0 Å². The van der Waals surface area contributed by atoms with Gasteiger partial charge in [0.05, 0.1) is 0 Å². The maximum atomic E-state index is 5.33. The van der Waals surface area contributed by atoms with E-state index >= 15 is 0 Å². The van der Waals surface area contributed by atoms with Gasteiger partial charge in [-0.05, 0) is 0 Å². The molecule has 0 amide bonds. The summed E-state index contributed by atoms with van der Waals surface area (Å²) in [5, 5.41) is 0. The second kappa shape index (κ2) is 8.10. The van der Waals surface area contributed by atoms with Gasteiger partial charge in [0, 0.05) is 0 Å². The van der Waals surface area contributed by atoms with Crippen LogP contribution in [0.4, 0.5) is 0 Å². The number of benzene rings is 1. The molecular formula is C10H17O3Sb. The Hall–Kier alpha value is -0.242. The molecule has 4 N–H and O–H groups in total. The fourth-order valence-corrected chi connectivity index (χ4v) is 1.92. The zero-order chi connectivity index (χ0) is 8.97. The zero-order valence-electron chi connectivity index (χ0n) is 8.50. The predicted octanol–water partition coefficient (Wildman–Crippen LogP) is 0.624. The molecule has 0 saturated heterocycles. The molecule has 0 spiro atoms. The van der Waals surface area contributed by atoms with Gasteiger partial charge in [-0.1, -0.05) is 0 Å². The van der Waals surface area contributed by atoms with Gasteiger partial charge in [-0.15, -0.1) is 0 Å². The van der Waals surface area contributed by atoms with Crippen LogP contribution in [0.1, 0.15) is 25.0 Å². The van der Waals surface area contributed by atoms with Crippen molar-refractivity contribution in [2.75, 3.05) is 0 Å². The number of rotatable bonds is 3. The van der Waals surface area contributed by atoms with Gasteiger partial charge in [-0.2, -0.15) is 0 Å². The standard InChI is InChI=1S/C10H14O.2H2O.Sb/c1-3-8-6-5-7-10(11)9(8)4-2;;;/h5-7,11H,3-4H2,1-2H3;2*1H2;/q;;;+1/p-1. The Morgan fingerprint density at radius 1 is 1.14 bits per heavy atom. The fraction of sp³-hybridized carbons (Fsp3) is 0.400. The van der Waals surface area contributed by atoms with Crippen molar-refractivity contribution in [2.24, 2.45) is 0 Å². The van der Waals surface area contributed by atoms with Crippen LogP contribution in [0.5, 0.6) is 5.75 Å². The molecule has 2 radical (unpaired) electrons. The van der Waals surface area contributed by atoms with Crippen molar-refractivity contribution in [3.05, 3.63) is 29.3 Å². The van der Waals surface area contributed by atoms with E-state index in [1.165, 1.54) is 34.6 Å². The molecule has 0 aliphatic carbocycles. The Morgan fingerprint density at radius 2 is 1.79 bits per heavy atom. The average molecular weight is 307 g/mol. The van der Waals surface area contributed by atoms with Gasteiger partial charge in [-0.3, -0.25) is 0 Å². The SMILES string of the molecule is CCc1cccc([O][Sb])c1CC.O.O. The van der Waals surface area contributed by atoms with E-state index in [4.69, 9.17) is 3.02 Å². The monoisotopic (exact) mass is 306 g/mol. The molecule has 80 valence electrons. The first-order valence-corrected chi connectivity index (χ1v) is 5.29. The van der Waals surface area contributed by atoms with Crippen molar-refractivity contribution in [1.29, 1.82) is 0 Å². The van der Waals surface area contributed by atoms with E-state index in [0.717, 1.165) is 18.6 Å². The molecule has 0 aromatic heterocycles. The largest absolute Gasteiger partial charge is 0.412 e. The smallest absolute Gasteiger partial charge is 0.412 e. The number of aryl methyl sites for hydroxylation is 1. The first kappa shape index (κ1) is 16.2. The van der Waals surface area contributed by atoms with E-state index in [1.54, 1.807) is 0 Å². The van der Waals surface area contributed by atoms with E-state index in [0.29, 0.717) is 0 Å². The fourth-order valence-electron chi connectivity index (χ4n) is 1.43. The van der Waals surface area contributed by atoms with Crippen LogP contribution < -0.4 is 3.02 Å². The van der Waals surface area contributed by atoms with E-state index in [9.17, 15) is 0 Å². The van der Waals surface area contributed by atoms with Crippen LogP contribution in [0, 0.1) is 0 Å². The summed E-state index contributed by atoms with van der Waals surface area (Å²) >= 11 is 1.39. The number of hydrogen-bond donors (Lipinski definition) is 0. The topological polar surface area (TPSA) is 72.2 Å². The molecule has 0 fully saturated rings. The van der Waals surface area contributed by atoms with Gasteiger partial charge < -0.3 is 11.0 Å². The third-order valence-corrected chi connectivity index (χ3v) is 2.62. The van der Waals surface area contributed by atoms with Gasteiger partial charge >= 0.3 is 88.2 Å². The molecule has 0 aliphatic rings. The minimum atomic E-state index is 0. The third kappa shape index (κ3) is 3.49. The van der Waals surface area contributed by atoms with Crippen LogP contribution in [0.15, 0.2) is 18.2 Å². The Balaban J connectivity index is 0. The summed E-state index contributed by atoms with van der Waals surface area (Å²) in [6.45, 7) is 4.35. The molecule has 1 aromatic carbocycles. The Labute approximate surface area is 99.1 Å². The quantitative estimate of drug-likeness (QED) is 0.755. The Morgan fingerprint density at radius 3 is 2.21 bits per heavy atom. The van der Waals surface area contributed by atoms with Gasteiger partial charge in [-0.25, -0.2) is 0 Å². The molecule has 0 heterocycles. The van der Waals surface area contributed by atoms with Crippen LogP contribution in [0.3, 0.4) is 0 Å². The zero-order valence-corrected chi connectivity index (χ0v) is 11.1. The molecule has 1 rings (SSSR count). The Kier molecular flexibility index (Phi) is 9.37. The Bertz CT molecular complexity index is 241. The van der Waals surface area contributed by atoms with Gasteiger partial charge in [0.2, 0.25) is 0 Å². The maximum Gasteiger partial charge on any atom is -0.412 e. The normalized spacial score (nSPS) is 8.50. The molecule has 0 saturated carbocycles. The van der Waals surface area contributed by atoms with Crippen molar-refractivity contribution in [1.82, 2.24) is 0 Å². The van der Waals surface area contributed by atoms with Crippen molar-refractivity contribution >= 4 is 23.4 Å². The summed E-state index contributed by atoms with van der Waals surface area (Å²) in [6, 6.07) is 6.27. The van der Waals surface area contributed by atoms with Crippen molar-refractivity contribution < 1.29 is 14.0 Å². The van der Waals surface area contributed by atoms with E-state index in [2.05, 4.69) is 26.0 Å². The van der Waals surface area contributed by atoms with Gasteiger partial charge in [0.15, 0.2) is 0 Å². The first-order chi connectivity index (χ1) is 5.83. The van der Waals surface area contributed by atoms with Crippen molar-refractivity contribution in [3.63, 3.8) is 0 Å². The molecule has 3 nitrogen and oxygen atoms in total. The minimum Gasteiger partial charge on any atom is -0.412 e.